The Balaban J connectivity index is 1.45. The van der Waals surface area contributed by atoms with Gasteiger partial charge in [-0.05, 0) is 37.1 Å². The molecule has 0 spiro atoms. The van der Waals surface area contributed by atoms with Crippen molar-refractivity contribution in [2.24, 2.45) is 0 Å². The first kappa shape index (κ1) is 14.8. The first-order valence-electron chi connectivity index (χ1n) is 8.21. The minimum Gasteiger partial charge on any atom is -0.486 e. The molecule has 1 saturated heterocycles. The largest absolute Gasteiger partial charge is 0.486 e. The van der Waals surface area contributed by atoms with Gasteiger partial charge in [0.25, 0.3) is 5.91 Å². The lowest BCUT2D eigenvalue weighted by atomic mass is 10.2. The second-order valence-corrected chi connectivity index (χ2v) is 5.91. The first-order chi connectivity index (χ1) is 11.8. The van der Waals surface area contributed by atoms with Crippen molar-refractivity contribution in [1.29, 1.82) is 0 Å². The number of aromatic nitrogens is 1. The molecule has 4 rings (SSSR count). The van der Waals surface area contributed by atoms with Crippen LogP contribution in [0.3, 0.4) is 0 Å². The maximum Gasteiger partial charge on any atom is 0.274 e. The van der Waals surface area contributed by atoms with Gasteiger partial charge in [-0.25, -0.2) is 4.98 Å². The summed E-state index contributed by atoms with van der Waals surface area (Å²) in [5.41, 5.74) is 2.13. The molecule has 2 aliphatic rings. The summed E-state index contributed by atoms with van der Waals surface area (Å²) in [6.45, 7) is 3.19. The Labute approximate surface area is 140 Å². The molecule has 1 amide bonds. The first-order valence-corrected chi connectivity index (χ1v) is 8.21. The van der Waals surface area contributed by atoms with Gasteiger partial charge in [0, 0.05) is 24.8 Å². The maximum absolute atomic E-state index is 12.4. The molecule has 1 fully saturated rings. The molecule has 24 heavy (non-hydrogen) atoms. The van der Waals surface area contributed by atoms with Crippen LogP contribution in [0.25, 0.3) is 0 Å². The molecule has 124 valence electrons. The topological polar surface area (TPSA) is 63.7 Å². The van der Waals surface area contributed by atoms with Crippen molar-refractivity contribution in [3.63, 3.8) is 0 Å². The fraction of sp³-hybridized carbons (Fsp3) is 0.333. The van der Waals surface area contributed by atoms with Crippen LogP contribution in [-0.2, 0) is 0 Å². The molecule has 0 bridgehead atoms. The number of nitrogens with one attached hydrogen (secondary N) is 1. The summed E-state index contributed by atoms with van der Waals surface area (Å²) in [4.78, 5) is 18.9. The van der Waals surface area contributed by atoms with E-state index in [1.165, 1.54) is 12.8 Å². The average molecular weight is 325 g/mol. The summed E-state index contributed by atoms with van der Waals surface area (Å²) < 4.78 is 11.0. The molecule has 0 radical (unpaired) electrons. The summed E-state index contributed by atoms with van der Waals surface area (Å²) in [7, 11) is 0. The highest BCUT2D eigenvalue weighted by molar-refractivity contribution is 6.03. The predicted octanol–water partition coefficient (Wildman–Crippen LogP) is 2.71. The van der Waals surface area contributed by atoms with Crippen LogP contribution in [0.15, 0.2) is 36.5 Å². The average Bonchev–Trinajstić information content (AvgIpc) is 3.16. The minimum absolute atomic E-state index is 0.236. The van der Waals surface area contributed by atoms with Crippen molar-refractivity contribution in [3.05, 3.63) is 42.2 Å². The second-order valence-electron chi connectivity index (χ2n) is 5.91. The van der Waals surface area contributed by atoms with E-state index in [-0.39, 0.29) is 5.91 Å². The number of fused-ring (bicyclic) bond motifs is 1. The number of hydrogen-bond acceptors (Lipinski definition) is 5. The molecule has 0 unspecified atom stereocenters. The highest BCUT2D eigenvalue weighted by Gasteiger charge is 2.16. The highest BCUT2D eigenvalue weighted by atomic mass is 16.6. The Kier molecular flexibility index (Phi) is 3.94. The van der Waals surface area contributed by atoms with Crippen LogP contribution >= 0.6 is 0 Å². The van der Waals surface area contributed by atoms with E-state index >= 15 is 0 Å². The molecule has 6 heteroatoms. The van der Waals surface area contributed by atoms with Crippen LogP contribution < -0.4 is 19.7 Å². The summed E-state index contributed by atoms with van der Waals surface area (Å²) >= 11 is 0. The maximum atomic E-state index is 12.4. The molecule has 3 heterocycles. The van der Waals surface area contributed by atoms with E-state index in [0.717, 1.165) is 18.8 Å². The van der Waals surface area contributed by atoms with Gasteiger partial charge in [0.2, 0.25) is 0 Å². The Morgan fingerprint density at radius 2 is 1.83 bits per heavy atom. The Hall–Kier alpha value is -2.76. The summed E-state index contributed by atoms with van der Waals surface area (Å²) in [5.74, 6) is 1.11. The number of pyridine rings is 1. The lowest BCUT2D eigenvalue weighted by molar-refractivity contribution is 0.102. The third kappa shape index (κ3) is 2.99. The van der Waals surface area contributed by atoms with Crippen molar-refractivity contribution in [2.45, 2.75) is 12.8 Å². The van der Waals surface area contributed by atoms with Gasteiger partial charge in [0.1, 0.15) is 18.9 Å². The van der Waals surface area contributed by atoms with Crippen molar-refractivity contribution < 1.29 is 14.3 Å². The molecule has 1 aromatic heterocycles. The lowest BCUT2D eigenvalue weighted by Crippen LogP contribution is -2.19. The number of nitrogens with zero attached hydrogens (tertiary/aromatic N) is 2. The third-order valence-corrected chi connectivity index (χ3v) is 4.25. The molecule has 0 atom stereocenters. The quantitative estimate of drug-likeness (QED) is 0.940. The lowest BCUT2D eigenvalue weighted by Gasteiger charge is -2.19. The van der Waals surface area contributed by atoms with Crippen molar-refractivity contribution in [2.75, 3.05) is 36.5 Å². The fourth-order valence-corrected chi connectivity index (χ4v) is 3.00. The van der Waals surface area contributed by atoms with Gasteiger partial charge in [-0.1, -0.05) is 0 Å². The SMILES string of the molecule is O=C(Nc1ccc2c(c1)OCCO2)c1ccc(N2CCCC2)cn1. The molecule has 2 aliphatic heterocycles. The molecule has 0 aliphatic carbocycles. The predicted molar refractivity (Wildman–Crippen MR) is 91.1 cm³/mol. The highest BCUT2D eigenvalue weighted by Crippen LogP contribution is 2.32. The summed E-state index contributed by atoms with van der Waals surface area (Å²) in [6, 6.07) is 9.08. The Morgan fingerprint density at radius 3 is 2.58 bits per heavy atom. The summed E-state index contributed by atoms with van der Waals surface area (Å²) in [5, 5.41) is 2.85. The van der Waals surface area contributed by atoms with Gasteiger partial charge in [-0.3, -0.25) is 4.79 Å². The van der Waals surface area contributed by atoms with Crippen LogP contribution in [0.1, 0.15) is 23.3 Å². The normalized spacial score (nSPS) is 16.1. The number of hydrogen-bond donors (Lipinski definition) is 1. The van der Waals surface area contributed by atoms with E-state index in [4.69, 9.17) is 9.47 Å². The number of rotatable bonds is 3. The van der Waals surface area contributed by atoms with Crippen molar-refractivity contribution >= 4 is 17.3 Å². The van der Waals surface area contributed by atoms with Gasteiger partial charge in [0.05, 0.1) is 11.9 Å². The zero-order valence-electron chi connectivity index (χ0n) is 13.3. The van der Waals surface area contributed by atoms with Crippen molar-refractivity contribution in [1.82, 2.24) is 4.98 Å². The number of benzene rings is 1. The Morgan fingerprint density at radius 1 is 1.04 bits per heavy atom. The number of anilines is 2. The van der Waals surface area contributed by atoms with E-state index in [2.05, 4.69) is 15.2 Å². The Bertz CT molecular complexity index is 740. The number of carbonyl (C=O) groups excluding carboxylic acids is 1. The van der Waals surface area contributed by atoms with Crippen LogP contribution in [0.4, 0.5) is 11.4 Å². The van der Waals surface area contributed by atoms with Crippen molar-refractivity contribution in [3.8, 4) is 11.5 Å². The summed E-state index contributed by atoms with van der Waals surface area (Å²) in [6.07, 6.45) is 4.20. The molecule has 1 aromatic carbocycles. The molecule has 1 N–H and O–H groups in total. The van der Waals surface area contributed by atoms with Crippen LogP contribution in [0.5, 0.6) is 11.5 Å². The van der Waals surface area contributed by atoms with Gasteiger partial charge in [0.15, 0.2) is 11.5 Å². The number of ether oxygens (including phenoxy) is 2. The van der Waals surface area contributed by atoms with E-state index in [1.807, 2.05) is 6.07 Å². The van der Waals surface area contributed by atoms with Crippen LogP contribution in [0.2, 0.25) is 0 Å². The molecule has 2 aromatic rings. The van der Waals surface area contributed by atoms with E-state index in [9.17, 15) is 4.79 Å². The standard InChI is InChI=1S/C18H19N3O3/c22-18(15-5-4-14(12-19-15)21-7-1-2-8-21)20-13-3-6-16-17(11-13)24-10-9-23-16/h3-6,11-12H,1-2,7-10H2,(H,20,22). The van der Waals surface area contributed by atoms with Gasteiger partial charge >= 0.3 is 0 Å². The molecule has 6 nitrogen and oxygen atoms in total. The van der Waals surface area contributed by atoms with Gasteiger partial charge < -0.3 is 19.7 Å². The monoisotopic (exact) mass is 325 g/mol. The van der Waals surface area contributed by atoms with E-state index < -0.39 is 0 Å². The second kappa shape index (κ2) is 6.39. The van der Waals surface area contributed by atoms with Gasteiger partial charge in [-0.2, -0.15) is 0 Å². The zero-order valence-corrected chi connectivity index (χ0v) is 13.3. The fourth-order valence-electron chi connectivity index (χ4n) is 3.00. The molecular formula is C18H19N3O3. The van der Waals surface area contributed by atoms with Crippen LogP contribution in [-0.4, -0.2) is 37.2 Å². The smallest absolute Gasteiger partial charge is 0.274 e. The van der Waals surface area contributed by atoms with E-state index in [0.29, 0.717) is 36.1 Å². The zero-order chi connectivity index (χ0) is 16.4. The number of amides is 1. The third-order valence-electron chi connectivity index (χ3n) is 4.25. The number of carbonyl (C=O) groups is 1. The molecule has 0 saturated carbocycles. The van der Waals surface area contributed by atoms with E-state index in [1.54, 1.807) is 30.5 Å². The molecular weight excluding hydrogens is 306 g/mol. The van der Waals surface area contributed by atoms with Crippen LogP contribution in [0, 0.1) is 0 Å². The van der Waals surface area contributed by atoms with Gasteiger partial charge in [-0.15, -0.1) is 0 Å². The minimum atomic E-state index is -0.236.